The lowest BCUT2D eigenvalue weighted by Crippen LogP contribution is -2.36. The first-order valence-electron chi connectivity index (χ1n) is 8.28. The Balaban J connectivity index is 2.25. The summed E-state index contributed by atoms with van der Waals surface area (Å²) in [6.07, 6.45) is 2.36. The van der Waals surface area contributed by atoms with Gasteiger partial charge in [-0.05, 0) is 25.2 Å². The summed E-state index contributed by atoms with van der Waals surface area (Å²) < 4.78 is 1.90. The minimum atomic E-state index is -0.879. The molecule has 0 aromatic carbocycles. The van der Waals surface area contributed by atoms with Crippen molar-refractivity contribution in [2.45, 2.75) is 47.6 Å². The van der Waals surface area contributed by atoms with Crippen LogP contribution < -0.4 is 0 Å². The Bertz CT molecular complexity index is 608. The van der Waals surface area contributed by atoms with Gasteiger partial charge in [0.05, 0.1) is 22.9 Å². The molecule has 6 heteroatoms. The van der Waals surface area contributed by atoms with E-state index in [1.165, 1.54) is 0 Å². The number of hydrogen-bond donors (Lipinski definition) is 1. The summed E-state index contributed by atoms with van der Waals surface area (Å²) in [7, 11) is 0. The monoisotopic (exact) mass is 321 g/mol. The average Bonchev–Trinajstić information content (AvgIpc) is 3.00. The number of carbonyl (C=O) groups excluding carboxylic acids is 1. The van der Waals surface area contributed by atoms with Crippen LogP contribution in [-0.4, -0.2) is 44.8 Å². The Hall–Kier alpha value is -1.85. The van der Waals surface area contributed by atoms with Crippen molar-refractivity contribution in [1.82, 2.24) is 14.7 Å². The predicted molar refractivity (Wildman–Crippen MR) is 87.3 cm³/mol. The van der Waals surface area contributed by atoms with Crippen molar-refractivity contribution >= 4 is 11.9 Å². The molecule has 0 radical (unpaired) electrons. The number of carboxylic acids is 1. The highest BCUT2D eigenvalue weighted by Gasteiger charge is 2.48. The van der Waals surface area contributed by atoms with Gasteiger partial charge in [-0.25, -0.2) is 0 Å². The van der Waals surface area contributed by atoms with E-state index in [4.69, 9.17) is 0 Å². The van der Waals surface area contributed by atoms with E-state index in [0.717, 1.165) is 18.7 Å². The minimum Gasteiger partial charge on any atom is -0.481 e. The summed E-state index contributed by atoms with van der Waals surface area (Å²) in [5.74, 6) is -0.565. The van der Waals surface area contributed by atoms with Gasteiger partial charge in [0.1, 0.15) is 0 Å². The molecule has 0 spiro atoms. The van der Waals surface area contributed by atoms with Crippen LogP contribution in [0.15, 0.2) is 6.20 Å². The second kappa shape index (κ2) is 6.34. The largest absolute Gasteiger partial charge is 0.481 e. The lowest BCUT2D eigenvalue weighted by atomic mass is 9.81. The molecule has 1 aliphatic rings. The second-order valence-corrected chi connectivity index (χ2v) is 7.24. The molecule has 1 N–H and O–H groups in total. The van der Waals surface area contributed by atoms with Crippen molar-refractivity contribution in [3.63, 3.8) is 0 Å². The molecule has 2 heterocycles. The molecule has 1 saturated heterocycles. The summed E-state index contributed by atoms with van der Waals surface area (Å²) in [6.45, 7) is 11.4. The number of likely N-dealkylation sites (tertiary alicyclic amines) is 1. The summed E-state index contributed by atoms with van der Waals surface area (Å²) in [6, 6.07) is 0. The zero-order valence-corrected chi connectivity index (χ0v) is 14.7. The molecule has 1 aromatic heterocycles. The van der Waals surface area contributed by atoms with Gasteiger partial charge in [-0.1, -0.05) is 27.7 Å². The number of hydrogen-bond acceptors (Lipinski definition) is 3. The molecule has 2 rings (SSSR count). The van der Waals surface area contributed by atoms with Gasteiger partial charge in [0.15, 0.2) is 0 Å². The fraction of sp³-hybridized carbons (Fsp3) is 0.706. The number of nitrogens with zero attached hydrogens (tertiary/aromatic N) is 3. The van der Waals surface area contributed by atoms with Gasteiger partial charge in [-0.2, -0.15) is 5.10 Å². The summed E-state index contributed by atoms with van der Waals surface area (Å²) >= 11 is 0. The van der Waals surface area contributed by atoms with Gasteiger partial charge >= 0.3 is 5.97 Å². The van der Waals surface area contributed by atoms with E-state index in [0.29, 0.717) is 18.0 Å². The molecule has 0 bridgehead atoms. The third-order valence-corrected chi connectivity index (χ3v) is 4.93. The third kappa shape index (κ3) is 3.12. The van der Waals surface area contributed by atoms with Crippen molar-refractivity contribution < 1.29 is 14.7 Å². The van der Waals surface area contributed by atoms with E-state index in [-0.39, 0.29) is 18.4 Å². The number of rotatable bonds is 5. The van der Waals surface area contributed by atoms with Crippen molar-refractivity contribution in [3.8, 4) is 0 Å². The SMILES string of the molecule is CCc1c(C(=O)N2C[C@@H](C)[C@](C)(C(=O)O)C2)cnn1CC(C)C. The molecule has 1 aliphatic heterocycles. The minimum absolute atomic E-state index is 0.0697. The van der Waals surface area contributed by atoms with Crippen molar-refractivity contribution in [3.05, 3.63) is 17.5 Å². The number of aliphatic carboxylic acids is 1. The van der Waals surface area contributed by atoms with Crippen molar-refractivity contribution in [2.24, 2.45) is 17.3 Å². The van der Waals surface area contributed by atoms with E-state index in [1.807, 2.05) is 18.5 Å². The van der Waals surface area contributed by atoms with Crippen LogP contribution >= 0.6 is 0 Å². The van der Waals surface area contributed by atoms with Crippen LogP contribution in [0.2, 0.25) is 0 Å². The predicted octanol–water partition coefficient (Wildman–Crippen LogP) is 2.28. The first-order valence-corrected chi connectivity index (χ1v) is 8.28. The number of aromatic nitrogens is 2. The van der Waals surface area contributed by atoms with Crippen LogP contribution in [0.5, 0.6) is 0 Å². The van der Waals surface area contributed by atoms with Gasteiger partial charge in [0, 0.05) is 19.6 Å². The molecule has 0 unspecified atom stereocenters. The zero-order valence-electron chi connectivity index (χ0n) is 14.7. The topological polar surface area (TPSA) is 75.4 Å². The lowest BCUT2D eigenvalue weighted by Gasteiger charge is -2.22. The fourth-order valence-corrected chi connectivity index (χ4v) is 3.22. The number of carboxylic acid groups (broad SMARTS) is 1. The van der Waals surface area contributed by atoms with Gasteiger partial charge in [0.25, 0.3) is 5.91 Å². The van der Waals surface area contributed by atoms with Gasteiger partial charge in [0.2, 0.25) is 0 Å². The Morgan fingerprint density at radius 1 is 1.48 bits per heavy atom. The normalized spacial score (nSPS) is 24.4. The fourth-order valence-electron chi connectivity index (χ4n) is 3.22. The van der Waals surface area contributed by atoms with Crippen LogP contribution in [-0.2, 0) is 17.8 Å². The van der Waals surface area contributed by atoms with E-state index in [2.05, 4.69) is 18.9 Å². The molecular formula is C17H27N3O3. The molecule has 1 amide bonds. The maximum Gasteiger partial charge on any atom is 0.311 e. The zero-order chi connectivity index (χ0) is 17.4. The molecule has 1 fully saturated rings. The van der Waals surface area contributed by atoms with Gasteiger partial charge in [-0.15, -0.1) is 0 Å². The first-order chi connectivity index (χ1) is 10.7. The van der Waals surface area contributed by atoms with E-state index in [9.17, 15) is 14.7 Å². The van der Waals surface area contributed by atoms with Crippen LogP contribution in [0.25, 0.3) is 0 Å². The molecule has 128 valence electrons. The molecule has 23 heavy (non-hydrogen) atoms. The van der Waals surface area contributed by atoms with E-state index in [1.54, 1.807) is 18.0 Å². The maximum atomic E-state index is 12.9. The molecule has 1 aromatic rings. The Labute approximate surface area is 137 Å². The Morgan fingerprint density at radius 3 is 2.61 bits per heavy atom. The highest BCUT2D eigenvalue weighted by Crippen LogP contribution is 2.36. The highest BCUT2D eigenvalue weighted by atomic mass is 16.4. The smallest absolute Gasteiger partial charge is 0.311 e. The summed E-state index contributed by atoms with van der Waals surface area (Å²) in [4.78, 5) is 26.1. The molecule has 2 atom stereocenters. The highest BCUT2D eigenvalue weighted by molar-refractivity contribution is 5.96. The molecule has 0 aliphatic carbocycles. The first kappa shape index (κ1) is 17.5. The van der Waals surface area contributed by atoms with Crippen molar-refractivity contribution in [2.75, 3.05) is 13.1 Å². The molecule has 0 saturated carbocycles. The van der Waals surface area contributed by atoms with Gasteiger partial charge in [-0.3, -0.25) is 14.3 Å². The second-order valence-electron chi connectivity index (χ2n) is 7.24. The number of amides is 1. The lowest BCUT2D eigenvalue weighted by molar-refractivity contribution is -0.148. The summed E-state index contributed by atoms with van der Waals surface area (Å²) in [5, 5.41) is 13.8. The molecular weight excluding hydrogens is 294 g/mol. The maximum absolute atomic E-state index is 12.9. The van der Waals surface area contributed by atoms with Crippen LogP contribution in [0.1, 0.15) is 50.7 Å². The molecule has 6 nitrogen and oxygen atoms in total. The average molecular weight is 321 g/mol. The number of carbonyl (C=O) groups is 2. The van der Waals surface area contributed by atoms with Crippen LogP contribution in [0.3, 0.4) is 0 Å². The van der Waals surface area contributed by atoms with Crippen LogP contribution in [0, 0.1) is 17.3 Å². The van der Waals surface area contributed by atoms with E-state index < -0.39 is 11.4 Å². The van der Waals surface area contributed by atoms with Crippen molar-refractivity contribution in [1.29, 1.82) is 0 Å². The van der Waals surface area contributed by atoms with Gasteiger partial charge < -0.3 is 10.0 Å². The summed E-state index contributed by atoms with van der Waals surface area (Å²) in [5.41, 5.74) is 0.658. The standard InChI is InChI=1S/C17H27N3O3/c1-6-14-13(7-18-20(14)8-11(2)3)15(21)19-9-12(4)17(5,10-19)16(22)23/h7,11-12H,6,8-10H2,1-5H3,(H,22,23)/t12-,17-/m1/s1. The Kier molecular flexibility index (Phi) is 4.82. The Morgan fingerprint density at radius 2 is 2.13 bits per heavy atom. The van der Waals surface area contributed by atoms with E-state index >= 15 is 0 Å². The van der Waals surface area contributed by atoms with Crippen LogP contribution in [0.4, 0.5) is 0 Å². The third-order valence-electron chi connectivity index (χ3n) is 4.93. The quantitative estimate of drug-likeness (QED) is 0.903.